The molecule has 0 atom stereocenters. The summed E-state index contributed by atoms with van der Waals surface area (Å²) in [6.07, 6.45) is 2.17. The molecular formula is C14H19BrO2. The molecular weight excluding hydrogens is 280 g/mol. The minimum Gasteiger partial charge on any atom is -0.496 e. The van der Waals surface area contributed by atoms with Gasteiger partial charge in [-0.2, -0.15) is 0 Å². The number of hydrogen-bond acceptors (Lipinski definition) is 2. The summed E-state index contributed by atoms with van der Waals surface area (Å²) in [6.45, 7) is 3.82. The SMILES string of the molecule is COc1ccc(C2(CBr)CCOCC2)cc1C. The Bertz CT molecular complexity index is 384. The Hall–Kier alpha value is -0.540. The summed E-state index contributed by atoms with van der Waals surface area (Å²) in [4.78, 5) is 0. The van der Waals surface area contributed by atoms with Crippen LogP contribution in [0.25, 0.3) is 0 Å². The molecule has 17 heavy (non-hydrogen) atoms. The standard InChI is InChI=1S/C14H19BrO2/c1-11-9-12(3-4-13(11)16-2)14(10-15)5-7-17-8-6-14/h3-4,9H,5-8,10H2,1-2H3. The summed E-state index contributed by atoms with van der Waals surface area (Å²) < 4.78 is 10.8. The average Bonchev–Trinajstić information content (AvgIpc) is 2.39. The molecule has 1 aromatic rings. The largest absolute Gasteiger partial charge is 0.496 e. The van der Waals surface area contributed by atoms with Crippen LogP contribution in [0.1, 0.15) is 24.0 Å². The Morgan fingerprint density at radius 3 is 2.59 bits per heavy atom. The van der Waals surface area contributed by atoms with Crippen molar-refractivity contribution in [3.63, 3.8) is 0 Å². The van der Waals surface area contributed by atoms with Crippen molar-refractivity contribution in [3.05, 3.63) is 29.3 Å². The van der Waals surface area contributed by atoms with Crippen LogP contribution in [-0.2, 0) is 10.2 Å². The van der Waals surface area contributed by atoms with Crippen LogP contribution >= 0.6 is 15.9 Å². The first kappa shape index (κ1) is 12.9. The maximum atomic E-state index is 5.48. The van der Waals surface area contributed by atoms with Gasteiger partial charge in [0, 0.05) is 24.0 Å². The van der Waals surface area contributed by atoms with E-state index in [1.807, 2.05) is 0 Å². The Balaban J connectivity index is 2.33. The van der Waals surface area contributed by atoms with E-state index in [0.717, 1.165) is 37.1 Å². The third kappa shape index (κ3) is 2.50. The molecule has 1 aliphatic rings. The van der Waals surface area contributed by atoms with Crippen molar-refractivity contribution in [1.29, 1.82) is 0 Å². The predicted molar refractivity (Wildman–Crippen MR) is 73.3 cm³/mol. The van der Waals surface area contributed by atoms with Crippen LogP contribution in [0.2, 0.25) is 0 Å². The van der Waals surface area contributed by atoms with Gasteiger partial charge in [-0.25, -0.2) is 0 Å². The van der Waals surface area contributed by atoms with E-state index in [1.165, 1.54) is 11.1 Å². The number of halogens is 1. The highest BCUT2D eigenvalue weighted by atomic mass is 79.9. The molecule has 1 saturated heterocycles. The van der Waals surface area contributed by atoms with Crippen LogP contribution in [0, 0.1) is 6.92 Å². The lowest BCUT2D eigenvalue weighted by molar-refractivity contribution is 0.0583. The molecule has 0 aromatic heterocycles. The summed E-state index contributed by atoms with van der Waals surface area (Å²) >= 11 is 3.68. The highest BCUT2D eigenvalue weighted by Gasteiger charge is 2.33. The van der Waals surface area contributed by atoms with Crippen LogP contribution in [0.5, 0.6) is 5.75 Å². The van der Waals surface area contributed by atoms with Gasteiger partial charge in [0.15, 0.2) is 0 Å². The van der Waals surface area contributed by atoms with Gasteiger partial charge in [0.1, 0.15) is 5.75 Å². The zero-order valence-electron chi connectivity index (χ0n) is 10.5. The van der Waals surface area contributed by atoms with Crippen LogP contribution in [-0.4, -0.2) is 25.7 Å². The second-order valence-electron chi connectivity index (χ2n) is 4.71. The Morgan fingerprint density at radius 1 is 1.35 bits per heavy atom. The third-order valence-electron chi connectivity index (χ3n) is 3.71. The van der Waals surface area contributed by atoms with Gasteiger partial charge >= 0.3 is 0 Å². The molecule has 1 heterocycles. The van der Waals surface area contributed by atoms with Gasteiger partial charge in [-0.05, 0) is 37.0 Å². The molecule has 3 heteroatoms. The zero-order chi connectivity index (χ0) is 12.3. The van der Waals surface area contributed by atoms with Gasteiger partial charge in [-0.3, -0.25) is 0 Å². The normalized spacial score (nSPS) is 19.0. The molecule has 2 rings (SSSR count). The van der Waals surface area contributed by atoms with Gasteiger partial charge in [0.05, 0.1) is 7.11 Å². The lowest BCUT2D eigenvalue weighted by Gasteiger charge is -2.36. The summed E-state index contributed by atoms with van der Waals surface area (Å²) in [6, 6.07) is 6.52. The fourth-order valence-corrected chi connectivity index (χ4v) is 3.35. The monoisotopic (exact) mass is 298 g/mol. The van der Waals surface area contributed by atoms with Crippen molar-refractivity contribution in [2.75, 3.05) is 25.7 Å². The lowest BCUT2D eigenvalue weighted by Crippen LogP contribution is -2.35. The fourth-order valence-electron chi connectivity index (χ4n) is 2.47. The second-order valence-corrected chi connectivity index (χ2v) is 5.27. The summed E-state index contributed by atoms with van der Waals surface area (Å²) in [5.41, 5.74) is 2.84. The summed E-state index contributed by atoms with van der Waals surface area (Å²) in [7, 11) is 1.72. The van der Waals surface area contributed by atoms with Gasteiger partial charge in [-0.15, -0.1) is 0 Å². The van der Waals surface area contributed by atoms with Gasteiger partial charge in [0.2, 0.25) is 0 Å². The van der Waals surface area contributed by atoms with E-state index in [1.54, 1.807) is 7.11 Å². The minimum atomic E-state index is 0.231. The maximum absolute atomic E-state index is 5.48. The summed E-state index contributed by atoms with van der Waals surface area (Å²) in [5.74, 6) is 0.963. The number of methoxy groups -OCH3 is 1. The molecule has 1 aliphatic heterocycles. The van der Waals surface area contributed by atoms with E-state index in [9.17, 15) is 0 Å². The van der Waals surface area contributed by atoms with E-state index < -0.39 is 0 Å². The van der Waals surface area contributed by atoms with Gasteiger partial charge in [0.25, 0.3) is 0 Å². The van der Waals surface area contributed by atoms with Crippen molar-refractivity contribution in [3.8, 4) is 5.75 Å². The number of benzene rings is 1. The minimum absolute atomic E-state index is 0.231. The first-order valence-electron chi connectivity index (χ1n) is 6.01. The topological polar surface area (TPSA) is 18.5 Å². The number of ether oxygens (including phenoxy) is 2. The van der Waals surface area contributed by atoms with E-state index in [2.05, 4.69) is 41.1 Å². The number of aryl methyl sites for hydroxylation is 1. The predicted octanol–water partition coefficient (Wildman–Crippen LogP) is 3.45. The van der Waals surface area contributed by atoms with E-state index >= 15 is 0 Å². The van der Waals surface area contributed by atoms with E-state index in [4.69, 9.17) is 9.47 Å². The van der Waals surface area contributed by atoms with Crippen LogP contribution < -0.4 is 4.74 Å². The Labute approximate surface area is 111 Å². The Kier molecular flexibility index (Phi) is 4.10. The van der Waals surface area contributed by atoms with E-state index in [-0.39, 0.29) is 5.41 Å². The molecule has 0 amide bonds. The Morgan fingerprint density at radius 2 is 2.06 bits per heavy atom. The van der Waals surface area contributed by atoms with Crippen molar-refractivity contribution >= 4 is 15.9 Å². The number of rotatable bonds is 3. The molecule has 0 N–H and O–H groups in total. The van der Waals surface area contributed by atoms with Crippen molar-refractivity contribution in [2.24, 2.45) is 0 Å². The molecule has 0 aliphatic carbocycles. The van der Waals surface area contributed by atoms with Crippen molar-refractivity contribution < 1.29 is 9.47 Å². The second kappa shape index (κ2) is 5.40. The molecule has 0 radical (unpaired) electrons. The quantitative estimate of drug-likeness (QED) is 0.796. The molecule has 1 aromatic carbocycles. The van der Waals surface area contributed by atoms with Crippen LogP contribution in [0.4, 0.5) is 0 Å². The first-order chi connectivity index (χ1) is 8.22. The first-order valence-corrected chi connectivity index (χ1v) is 7.13. The molecule has 0 saturated carbocycles. The molecule has 2 nitrogen and oxygen atoms in total. The van der Waals surface area contributed by atoms with Crippen molar-refractivity contribution in [1.82, 2.24) is 0 Å². The molecule has 0 bridgehead atoms. The third-order valence-corrected chi connectivity index (χ3v) is 4.79. The smallest absolute Gasteiger partial charge is 0.121 e. The fraction of sp³-hybridized carbons (Fsp3) is 0.571. The van der Waals surface area contributed by atoms with E-state index in [0.29, 0.717) is 0 Å². The van der Waals surface area contributed by atoms with Gasteiger partial charge < -0.3 is 9.47 Å². The summed E-state index contributed by atoms with van der Waals surface area (Å²) in [5, 5.41) is 0.995. The highest BCUT2D eigenvalue weighted by Crippen LogP contribution is 2.38. The van der Waals surface area contributed by atoms with Gasteiger partial charge in [-0.1, -0.05) is 28.1 Å². The molecule has 0 unspecified atom stereocenters. The van der Waals surface area contributed by atoms with Crippen molar-refractivity contribution in [2.45, 2.75) is 25.2 Å². The maximum Gasteiger partial charge on any atom is 0.121 e. The lowest BCUT2D eigenvalue weighted by atomic mass is 9.75. The number of alkyl halides is 1. The highest BCUT2D eigenvalue weighted by molar-refractivity contribution is 9.09. The average molecular weight is 299 g/mol. The zero-order valence-corrected chi connectivity index (χ0v) is 12.0. The molecule has 0 spiro atoms. The number of hydrogen-bond donors (Lipinski definition) is 0. The molecule has 1 fully saturated rings. The van der Waals surface area contributed by atoms with Crippen LogP contribution in [0.15, 0.2) is 18.2 Å². The van der Waals surface area contributed by atoms with Crippen LogP contribution in [0.3, 0.4) is 0 Å². The molecule has 94 valence electrons.